The summed E-state index contributed by atoms with van der Waals surface area (Å²) in [6.07, 6.45) is 7.57. The number of allylic oxidation sites excluding steroid dienone is 4. The van der Waals surface area contributed by atoms with Crippen molar-refractivity contribution in [2.24, 2.45) is 0 Å². The predicted molar refractivity (Wildman–Crippen MR) is 47.2 cm³/mol. The van der Waals surface area contributed by atoms with Crippen LogP contribution in [0.1, 0.15) is 0 Å². The lowest BCUT2D eigenvalue weighted by Crippen LogP contribution is -1.73. The van der Waals surface area contributed by atoms with E-state index in [9.17, 15) is 0 Å². The highest BCUT2D eigenvalue weighted by Gasteiger charge is 1.66. The fraction of sp³-hybridized carbons (Fsp3) is 0. The third kappa shape index (κ3) is 7.18. The third-order valence-electron chi connectivity index (χ3n) is 0.816. The molecule has 0 aromatic heterocycles. The van der Waals surface area contributed by atoms with E-state index in [0.29, 0.717) is 0 Å². The third-order valence-corrected chi connectivity index (χ3v) is 1.91. The maximum Gasteiger partial charge on any atom is 0.0691 e. The molecule has 0 saturated carbocycles. The van der Waals surface area contributed by atoms with E-state index in [2.05, 4.69) is 24.6 Å². The predicted octanol–water partition coefficient (Wildman–Crippen LogP) is 1.55. The van der Waals surface area contributed by atoms with E-state index in [-0.39, 0.29) is 9.52 Å². The molecular formula is C8H12Si. The molecule has 0 spiro atoms. The lowest BCUT2D eigenvalue weighted by atomic mass is 10.6. The molecule has 1 heteroatoms. The van der Waals surface area contributed by atoms with Gasteiger partial charge in [-0.2, -0.15) is 0 Å². The second-order valence-electron chi connectivity index (χ2n) is 1.56. The summed E-state index contributed by atoms with van der Waals surface area (Å²) >= 11 is 0. The smallest absolute Gasteiger partial charge is 0.0691 e. The molecule has 9 heavy (non-hydrogen) atoms. The fourth-order valence-electron chi connectivity index (χ4n) is 0.428. The molecule has 0 aromatic carbocycles. The van der Waals surface area contributed by atoms with Gasteiger partial charge in [0.2, 0.25) is 0 Å². The molecule has 0 rings (SSSR count). The Morgan fingerprint density at radius 1 is 0.889 bits per heavy atom. The molecule has 0 aromatic rings. The minimum atomic E-state index is -0.114. The highest BCUT2D eigenvalue weighted by atomic mass is 28.2. The molecule has 0 bridgehead atoms. The van der Waals surface area contributed by atoms with Gasteiger partial charge in [0.25, 0.3) is 0 Å². The summed E-state index contributed by atoms with van der Waals surface area (Å²) in [6, 6.07) is 0. The van der Waals surface area contributed by atoms with E-state index in [1.54, 1.807) is 12.2 Å². The van der Waals surface area contributed by atoms with E-state index >= 15 is 0 Å². The summed E-state index contributed by atoms with van der Waals surface area (Å²) in [5.74, 6) is 0. The van der Waals surface area contributed by atoms with E-state index < -0.39 is 0 Å². The second-order valence-corrected chi connectivity index (χ2v) is 2.98. The van der Waals surface area contributed by atoms with Crippen LogP contribution in [0.4, 0.5) is 0 Å². The van der Waals surface area contributed by atoms with Gasteiger partial charge in [-0.25, -0.2) is 0 Å². The van der Waals surface area contributed by atoms with Gasteiger partial charge in [0.1, 0.15) is 0 Å². The fourth-order valence-corrected chi connectivity index (χ4v) is 1.28. The standard InChI is InChI=1S/C8H12Si/c1-3-5-7-9-8-6-4-2/h3-8H,1-2,9H2/b7-5+,8-6+. The first-order chi connectivity index (χ1) is 4.41. The van der Waals surface area contributed by atoms with Gasteiger partial charge in [0, 0.05) is 0 Å². The van der Waals surface area contributed by atoms with Crippen molar-refractivity contribution < 1.29 is 0 Å². The molecule has 0 atom stereocenters. The van der Waals surface area contributed by atoms with Crippen molar-refractivity contribution in [2.45, 2.75) is 0 Å². The molecule has 0 heterocycles. The maximum absolute atomic E-state index is 3.57. The monoisotopic (exact) mass is 136 g/mol. The number of rotatable bonds is 4. The molecular weight excluding hydrogens is 124 g/mol. The minimum Gasteiger partial charge on any atom is -0.0991 e. The molecule has 0 nitrogen and oxygen atoms in total. The van der Waals surface area contributed by atoms with Crippen LogP contribution in [0.5, 0.6) is 0 Å². The zero-order valence-corrected chi connectivity index (χ0v) is 7.00. The molecule has 0 aliphatic rings. The van der Waals surface area contributed by atoms with Crippen LogP contribution in [0.25, 0.3) is 0 Å². The van der Waals surface area contributed by atoms with Crippen molar-refractivity contribution in [3.05, 3.63) is 48.9 Å². The van der Waals surface area contributed by atoms with Crippen LogP contribution >= 0.6 is 0 Å². The Kier molecular flexibility index (Phi) is 6.52. The maximum atomic E-state index is 3.57. The van der Waals surface area contributed by atoms with Crippen LogP contribution in [-0.4, -0.2) is 9.52 Å². The highest BCUT2D eigenvalue weighted by Crippen LogP contribution is 1.74. The topological polar surface area (TPSA) is 0 Å². The highest BCUT2D eigenvalue weighted by molar-refractivity contribution is 6.48. The van der Waals surface area contributed by atoms with Crippen molar-refractivity contribution in [1.82, 2.24) is 0 Å². The molecule has 0 fully saturated rings. The van der Waals surface area contributed by atoms with Crippen molar-refractivity contribution in [3.63, 3.8) is 0 Å². The van der Waals surface area contributed by atoms with Crippen molar-refractivity contribution in [2.75, 3.05) is 0 Å². The molecule has 0 unspecified atom stereocenters. The largest absolute Gasteiger partial charge is 0.0991 e. The SMILES string of the molecule is C=C/C=C/[SiH2]/C=C/C=C. The van der Waals surface area contributed by atoms with E-state index in [1.165, 1.54) is 0 Å². The zero-order valence-electron chi connectivity index (χ0n) is 5.59. The van der Waals surface area contributed by atoms with Gasteiger partial charge in [-0.15, -0.1) is 0 Å². The average Bonchev–Trinajstić information content (AvgIpc) is 1.89. The molecule has 0 saturated heterocycles. The van der Waals surface area contributed by atoms with Crippen LogP contribution < -0.4 is 0 Å². The van der Waals surface area contributed by atoms with Crippen LogP contribution in [0.15, 0.2) is 48.9 Å². The Hall–Kier alpha value is -0.823. The normalized spacial score (nSPS) is 10.7. The van der Waals surface area contributed by atoms with Crippen molar-refractivity contribution >= 4 is 9.52 Å². The molecule has 0 aliphatic heterocycles. The van der Waals surface area contributed by atoms with Gasteiger partial charge >= 0.3 is 0 Å². The minimum absolute atomic E-state index is 0.114. The first-order valence-corrected chi connectivity index (χ1v) is 4.60. The summed E-state index contributed by atoms with van der Waals surface area (Å²) < 4.78 is 0. The Balaban J connectivity index is 3.27. The van der Waals surface area contributed by atoms with E-state index in [0.717, 1.165) is 0 Å². The summed E-state index contributed by atoms with van der Waals surface area (Å²) in [5, 5.41) is 0. The lowest BCUT2D eigenvalue weighted by molar-refractivity contribution is 2.06. The van der Waals surface area contributed by atoms with Gasteiger partial charge in [-0.3, -0.25) is 0 Å². The van der Waals surface area contributed by atoms with Crippen molar-refractivity contribution in [1.29, 1.82) is 0 Å². The van der Waals surface area contributed by atoms with Crippen LogP contribution in [-0.2, 0) is 0 Å². The number of hydrogen-bond donors (Lipinski definition) is 0. The van der Waals surface area contributed by atoms with Gasteiger partial charge in [-0.1, -0.05) is 48.9 Å². The first-order valence-electron chi connectivity index (χ1n) is 2.97. The van der Waals surface area contributed by atoms with E-state index in [4.69, 9.17) is 0 Å². The second kappa shape index (κ2) is 7.18. The van der Waals surface area contributed by atoms with E-state index in [1.807, 2.05) is 12.2 Å². The van der Waals surface area contributed by atoms with Gasteiger partial charge in [0.15, 0.2) is 0 Å². The Morgan fingerprint density at radius 2 is 1.33 bits per heavy atom. The van der Waals surface area contributed by atoms with Crippen LogP contribution in [0.2, 0.25) is 0 Å². The molecule has 48 valence electrons. The van der Waals surface area contributed by atoms with Gasteiger partial charge in [-0.05, 0) is 0 Å². The summed E-state index contributed by atoms with van der Waals surface area (Å²) in [4.78, 5) is 0. The zero-order chi connectivity index (χ0) is 6.95. The van der Waals surface area contributed by atoms with Crippen LogP contribution in [0, 0.1) is 0 Å². The Morgan fingerprint density at radius 3 is 1.67 bits per heavy atom. The lowest BCUT2D eigenvalue weighted by Gasteiger charge is -1.74. The summed E-state index contributed by atoms with van der Waals surface area (Å²) in [7, 11) is -0.114. The molecule has 0 N–H and O–H groups in total. The number of hydrogen-bond acceptors (Lipinski definition) is 0. The van der Waals surface area contributed by atoms with Crippen LogP contribution in [0.3, 0.4) is 0 Å². The summed E-state index contributed by atoms with van der Waals surface area (Å²) in [5.41, 5.74) is 4.35. The summed E-state index contributed by atoms with van der Waals surface area (Å²) in [6.45, 7) is 7.14. The Bertz CT molecular complexity index is 116. The van der Waals surface area contributed by atoms with Gasteiger partial charge < -0.3 is 0 Å². The average molecular weight is 136 g/mol. The Labute approximate surface area is 59.1 Å². The molecule has 0 radical (unpaired) electrons. The first kappa shape index (κ1) is 8.18. The molecule has 0 aliphatic carbocycles. The molecule has 0 amide bonds. The van der Waals surface area contributed by atoms with Crippen molar-refractivity contribution in [3.8, 4) is 0 Å². The quantitative estimate of drug-likeness (QED) is 0.406. The van der Waals surface area contributed by atoms with Gasteiger partial charge in [0.05, 0.1) is 9.52 Å².